The number of nitrogens with zero attached hydrogens (tertiary/aromatic N) is 2. The van der Waals surface area contributed by atoms with Gasteiger partial charge in [0.05, 0.1) is 6.61 Å². The molecule has 1 heterocycles. The van der Waals surface area contributed by atoms with Gasteiger partial charge in [0.2, 0.25) is 0 Å². The van der Waals surface area contributed by atoms with Crippen molar-refractivity contribution in [2.75, 3.05) is 27.2 Å². The van der Waals surface area contributed by atoms with Gasteiger partial charge in [0.15, 0.2) is 0 Å². The van der Waals surface area contributed by atoms with E-state index in [2.05, 4.69) is 24.8 Å². The molecule has 1 unspecified atom stereocenters. The highest BCUT2D eigenvalue weighted by Crippen LogP contribution is 2.35. The number of hydrogen-bond acceptors (Lipinski definition) is 3. The molecule has 0 spiro atoms. The van der Waals surface area contributed by atoms with Crippen molar-refractivity contribution < 1.29 is 9.90 Å². The fourth-order valence-corrected chi connectivity index (χ4v) is 3.76. The maximum Gasteiger partial charge on any atom is 0.253 e. The predicted octanol–water partition coefficient (Wildman–Crippen LogP) is 2.76. The van der Waals surface area contributed by atoms with E-state index in [4.69, 9.17) is 0 Å². The SMILES string of the molecule is CC(C)CC1(CO)CCCN1Cc1cccc(C(=O)N(C)C)c1. The average molecular weight is 318 g/mol. The number of amides is 1. The first kappa shape index (κ1) is 18.0. The van der Waals surface area contributed by atoms with Gasteiger partial charge in [-0.3, -0.25) is 9.69 Å². The lowest BCUT2D eigenvalue weighted by molar-refractivity contribution is 0.0409. The minimum Gasteiger partial charge on any atom is -0.394 e. The Hall–Kier alpha value is -1.39. The van der Waals surface area contributed by atoms with Crippen LogP contribution in [-0.4, -0.2) is 53.6 Å². The van der Waals surface area contributed by atoms with Crippen molar-refractivity contribution in [3.05, 3.63) is 35.4 Å². The maximum absolute atomic E-state index is 12.1. The molecule has 0 bridgehead atoms. The van der Waals surface area contributed by atoms with Crippen molar-refractivity contribution in [2.45, 2.75) is 45.2 Å². The Morgan fingerprint density at radius 1 is 1.39 bits per heavy atom. The van der Waals surface area contributed by atoms with Crippen LogP contribution in [0.1, 0.15) is 49.0 Å². The van der Waals surface area contributed by atoms with Crippen LogP contribution in [0.25, 0.3) is 0 Å². The molecule has 1 saturated heterocycles. The van der Waals surface area contributed by atoms with Crippen LogP contribution >= 0.6 is 0 Å². The molecule has 23 heavy (non-hydrogen) atoms. The molecule has 0 aromatic heterocycles. The lowest BCUT2D eigenvalue weighted by atomic mass is 9.87. The van der Waals surface area contributed by atoms with Gasteiger partial charge in [-0.25, -0.2) is 0 Å². The van der Waals surface area contributed by atoms with Gasteiger partial charge in [0, 0.05) is 31.7 Å². The Morgan fingerprint density at radius 2 is 2.13 bits per heavy atom. The summed E-state index contributed by atoms with van der Waals surface area (Å²) in [6.45, 7) is 6.44. The molecule has 1 aliphatic rings. The minimum absolute atomic E-state index is 0.0314. The standard InChI is InChI=1S/C19H30N2O2/c1-15(2)12-19(14-22)9-6-10-21(19)13-16-7-5-8-17(11-16)18(23)20(3)4/h5,7-8,11,15,22H,6,9-10,12-14H2,1-4H3. The highest BCUT2D eigenvalue weighted by atomic mass is 16.3. The van der Waals surface area contributed by atoms with Crippen molar-refractivity contribution in [3.63, 3.8) is 0 Å². The van der Waals surface area contributed by atoms with Crippen LogP contribution < -0.4 is 0 Å². The first-order valence-corrected chi connectivity index (χ1v) is 8.54. The third-order valence-corrected chi connectivity index (χ3v) is 4.78. The molecule has 1 atom stereocenters. The summed E-state index contributed by atoms with van der Waals surface area (Å²) in [5, 5.41) is 10.0. The van der Waals surface area contributed by atoms with Gasteiger partial charge in [-0.15, -0.1) is 0 Å². The number of rotatable bonds is 6. The molecule has 4 nitrogen and oxygen atoms in total. The Balaban J connectivity index is 2.17. The fraction of sp³-hybridized carbons (Fsp3) is 0.632. The summed E-state index contributed by atoms with van der Waals surface area (Å²) in [6, 6.07) is 7.87. The molecular weight excluding hydrogens is 288 g/mol. The molecule has 0 saturated carbocycles. The van der Waals surface area contributed by atoms with Crippen LogP contribution in [0.5, 0.6) is 0 Å². The molecular formula is C19H30N2O2. The molecule has 128 valence electrons. The predicted molar refractivity (Wildman–Crippen MR) is 93.4 cm³/mol. The van der Waals surface area contributed by atoms with Crippen LogP contribution in [0.2, 0.25) is 0 Å². The van der Waals surface area contributed by atoms with E-state index in [1.54, 1.807) is 19.0 Å². The zero-order chi connectivity index (χ0) is 17.0. The van der Waals surface area contributed by atoms with E-state index in [1.807, 2.05) is 18.2 Å². The first-order valence-electron chi connectivity index (χ1n) is 8.54. The number of carbonyl (C=O) groups is 1. The van der Waals surface area contributed by atoms with Gasteiger partial charge in [0.25, 0.3) is 5.91 Å². The van der Waals surface area contributed by atoms with Gasteiger partial charge in [-0.2, -0.15) is 0 Å². The van der Waals surface area contributed by atoms with E-state index in [0.717, 1.165) is 43.5 Å². The normalized spacial score (nSPS) is 21.8. The van der Waals surface area contributed by atoms with Crippen LogP contribution in [0.4, 0.5) is 0 Å². The summed E-state index contributed by atoms with van der Waals surface area (Å²) in [5.41, 5.74) is 1.77. The van der Waals surface area contributed by atoms with E-state index in [0.29, 0.717) is 5.92 Å². The summed E-state index contributed by atoms with van der Waals surface area (Å²) in [4.78, 5) is 16.1. The lowest BCUT2D eigenvalue weighted by Crippen LogP contribution is -2.47. The van der Waals surface area contributed by atoms with Crippen molar-refractivity contribution in [2.24, 2.45) is 5.92 Å². The van der Waals surface area contributed by atoms with Gasteiger partial charge in [-0.05, 0) is 49.4 Å². The minimum atomic E-state index is -0.101. The first-order chi connectivity index (χ1) is 10.9. The van der Waals surface area contributed by atoms with Crippen molar-refractivity contribution in [1.29, 1.82) is 0 Å². The Kier molecular flexibility index (Phi) is 5.82. The number of aliphatic hydroxyl groups is 1. The van der Waals surface area contributed by atoms with Crippen LogP contribution in [0.3, 0.4) is 0 Å². The molecule has 1 N–H and O–H groups in total. The zero-order valence-corrected chi connectivity index (χ0v) is 14.9. The third-order valence-electron chi connectivity index (χ3n) is 4.78. The fourth-order valence-electron chi connectivity index (χ4n) is 3.76. The Labute approximate surface area is 140 Å². The summed E-state index contributed by atoms with van der Waals surface area (Å²) in [5.74, 6) is 0.591. The van der Waals surface area contributed by atoms with Gasteiger partial charge >= 0.3 is 0 Å². The van der Waals surface area contributed by atoms with Crippen molar-refractivity contribution in [1.82, 2.24) is 9.80 Å². The highest BCUT2D eigenvalue weighted by Gasteiger charge is 2.40. The van der Waals surface area contributed by atoms with E-state index in [1.165, 1.54) is 0 Å². The van der Waals surface area contributed by atoms with Gasteiger partial charge in [0.1, 0.15) is 0 Å². The van der Waals surface area contributed by atoms with Crippen LogP contribution in [-0.2, 0) is 6.54 Å². The number of carbonyl (C=O) groups excluding carboxylic acids is 1. The summed E-state index contributed by atoms with van der Waals surface area (Å²) in [6.07, 6.45) is 3.20. The molecule has 2 rings (SSSR count). The Bertz CT molecular complexity index is 542. The van der Waals surface area contributed by atoms with Crippen molar-refractivity contribution >= 4 is 5.91 Å². The summed E-state index contributed by atoms with van der Waals surface area (Å²) >= 11 is 0. The van der Waals surface area contributed by atoms with Gasteiger partial charge < -0.3 is 10.0 Å². The average Bonchev–Trinajstić information content (AvgIpc) is 2.89. The lowest BCUT2D eigenvalue weighted by Gasteiger charge is -2.38. The van der Waals surface area contributed by atoms with Crippen LogP contribution in [0, 0.1) is 5.92 Å². The van der Waals surface area contributed by atoms with E-state index < -0.39 is 0 Å². The largest absolute Gasteiger partial charge is 0.394 e. The molecule has 1 aliphatic heterocycles. The quantitative estimate of drug-likeness (QED) is 0.877. The number of hydrogen-bond donors (Lipinski definition) is 1. The zero-order valence-electron chi connectivity index (χ0n) is 14.9. The number of benzene rings is 1. The second-order valence-electron chi connectivity index (χ2n) is 7.41. The molecule has 1 aromatic rings. The maximum atomic E-state index is 12.1. The number of aliphatic hydroxyl groups excluding tert-OH is 1. The van der Waals surface area contributed by atoms with E-state index in [-0.39, 0.29) is 18.1 Å². The summed E-state index contributed by atoms with van der Waals surface area (Å²) < 4.78 is 0. The topological polar surface area (TPSA) is 43.8 Å². The number of likely N-dealkylation sites (tertiary alicyclic amines) is 1. The van der Waals surface area contributed by atoms with Gasteiger partial charge in [-0.1, -0.05) is 26.0 Å². The van der Waals surface area contributed by atoms with E-state index >= 15 is 0 Å². The Morgan fingerprint density at radius 3 is 2.74 bits per heavy atom. The second-order valence-corrected chi connectivity index (χ2v) is 7.41. The monoisotopic (exact) mass is 318 g/mol. The molecule has 1 amide bonds. The smallest absolute Gasteiger partial charge is 0.253 e. The molecule has 1 fully saturated rings. The molecule has 0 aliphatic carbocycles. The molecule has 0 radical (unpaired) electrons. The second kappa shape index (κ2) is 7.45. The van der Waals surface area contributed by atoms with Crippen molar-refractivity contribution in [3.8, 4) is 0 Å². The highest BCUT2D eigenvalue weighted by molar-refractivity contribution is 5.94. The van der Waals surface area contributed by atoms with Crippen LogP contribution in [0.15, 0.2) is 24.3 Å². The van der Waals surface area contributed by atoms with E-state index in [9.17, 15) is 9.90 Å². The molecule has 4 heteroatoms. The summed E-state index contributed by atoms with van der Waals surface area (Å²) in [7, 11) is 3.55. The third kappa shape index (κ3) is 4.12. The molecule has 1 aromatic carbocycles.